The van der Waals surface area contributed by atoms with Gasteiger partial charge in [-0.15, -0.1) is 0 Å². The van der Waals surface area contributed by atoms with E-state index in [0.717, 1.165) is 25.0 Å². The second kappa shape index (κ2) is 11.7. The van der Waals surface area contributed by atoms with Crippen molar-refractivity contribution in [1.29, 1.82) is 0 Å². The van der Waals surface area contributed by atoms with E-state index in [1.165, 1.54) is 51.9 Å². The minimum Gasteiger partial charge on any atom is -0.355 e. The highest BCUT2D eigenvalue weighted by Gasteiger charge is 2.12. The number of hydrogen-bond acceptors (Lipinski definition) is 3. The summed E-state index contributed by atoms with van der Waals surface area (Å²) in [4.78, 5) is 9.33. The van der Waals surface area contributed by atoms with Gasteiger partial charge < -0.3 is 20.4 Å². The van der Waals surface area contributed by atoms with Gasteiger partial charge >= 0.3 is 0 Å². The van der Waals surface area contributed by atoms with Gasteiger partial charge in [-0.3, -0.25) is 4.99 Å². The molecule has 1 rings (SSSR count). The Balaban J connectivity index is 2.18. The van der Waals surface area contributed by atoms with E-state index in [9.17, 15) is 0 Å². The Morgan fingerprint density at radius 2 is 1.87 bits per heavy atom. The van der Waals surface area contributed by atoms with E-state index in [1.54, 1.807) is 0 Å². The summed E-state index contributed by atoms with van der Waals surface area (Å²) in [5, 5.41) is 6.97. The van der Waals surface area contributed by atoms with Crippen molar-refractivity contribution in [3.63, 3.8) is 0 Å². The fourth-order valence-corrected chi connectivity index (χ4v) is 2.99. The van der Waals surface area contributed by atoms with E-state index in [0.29, 0.717) is 6.04 Å². The van der Waals surface area contributed by atoms with Gasteiger partial charge in [0, 0.05) is 39.3 Å². The molecule has 2 N–H and O–H groups in total. The molecule has 5 nitrogen and oxygen atoms in total. The lowest BCUT2D eigenvalue weighted by atomic mass is 10.0. The second-order valence-electron chi connectivity index (χ2n) is 7.37. The molecular formula is C18H39N5. The van der Waals surface area contributed by atoms with Gasteiger partial charge in [0.15, 0.2) is 5.96 Å². The Labute approximate surface area is 143 Å². The Morgan fingerprint density at radius 1 is 1.09 bits per heavy atom. The Bertz CT molecular complexity index is 329. The highest BCUT2D eigenvalue weighted by atomic mass is 15.2. The SMILES string of the molecule is CN=C(NCCN1CCCN(C)CC1)NC(C)CCCC(C)C. The maximum absolute atomic E-state index is 4.35. The summed E-state index contributed by atoms with van der Waals surface area (Å²) in [5.41, 5.74) is 0. The van der Waals surface area contributed by atoms with Crippen molar-refractivity contribution in [2.45, 2.75) is 52.5 Å². The predicted molar refractivity (Wildman–Crippen MR) is 101 cm³/mol. The fourth-order valence-electron chi connectivity index (χ4n) is 2.99. The molecule has 1 fully saturated rings. The summed E-state index contributed by atoms with van der Waals surface area (Å²) in [7, 11) is 4.07. The molecule has 1 aliphatic heterocycles. The summed E-state index contributed by atoms with van der Waals surface area (Å²) < 4.78 is 0. The van der Waals surface area contributed by atoms with Crippen LogP contribution in [0.4, 0.5) is 0 Å². The molecule has 0 saturated carbocycles. The predicted octanol–water partition coefficient (Wildman–Crippen LogP) is 2.00. The van der Waals surface area contributed by atoms with Crippen LogP contribution in [0.1, 0.15) is 46.5 Å². The molecule has 0 aromatic rings. The number of hydrogen-bond donors (Lipinski definition) is 2. The molecule has 0 aromatic carbocycles. The average molecular weight is 326 g/mol. The van der Waals surface area contributed by atoms with Gasteiger partial charge in [-0.05, 0) is 45.8 Å². The topological polar surface area (TPSA) is 42.9 Å². The fraction of sp³-hybridized carbons (Fsp3) is 0.944. The highest BCUT2D eigenvalue weighted by Crippen LogP contribution is 2.08. The monoisotopic (exact) mass is 325 g/mol. The van der Waals surface area contributed by atoms with Crippen LogP contribution in [0.2, 0.25) is 0 Å². The Hall–Kier alpha value is -0.810. The molecule has 136 valence electrons. The van der Waals surface area contributed by atoms with Crippen LogP contribution in [0.5, 0.6) is 0 Å². The lowest BCUT2D eigenvalue weighted by Crippen LogP contribution is -2.45. The first kappa shape index (κ1) is 20.2. The molecule has 0 aromatic heterocycles. The number of likely N-dealkylation sites (N-methyl/N-ethyl adjacent to an activating group) is 1. The third-order valence-electron chi connectivity index (χ3n) is 4.56. The maximum atomic E-state index is 4.35. The zero-order valence-electron chi connectivity index (χ0n) is 16.1. The lowest BCUT2D eigenvalue weighted by molar-refractivity contribution is 0.279. The second-order valence-corrected chi connectivity index (χ2v) is 7.37. The Morgan fingerprint density at radius 3 is 2.57 bits per heavy atom. The molecule has 0 bridgehead atoms. The van der Waals surface area contributed by atoms with E-state index in [4.69, 9.17) is 0 Å². The van der Waals surface area contributed by atoms with E-state index < -0.39 is 0 Å². The van der Waals surface area contributed by atoms with Crippen LogP contribution in [0.25, 0.3) is 0 Å². The molecule has 1 heterocycles. The van der Waals surface area contributed by atoms with Gasteiger partial charge in [-0.2, -0.15) is 0 Å². The van der Waals surface area contributed by atoms with Crippen molar-refractivity contribution in [2.24, 2.45) is 10.9 Å². The molecule has 1 atom stereocenters. The Kier molecular flexibility index (Phi) is 10.3. The molecule has 0 radical (unpaired) electrons. The number of nitrogens with one attached hydrogen (secondary N) is 2. The lowest BCUT2D eigenvalue weighted by Gasteiger charge is -2.22. The van der Waals surface area contributed by atoms with E-state index in [1.807, 2.05) is 7.05 Å². The standard InChI is InChI=1S/C18H39N5/c1-16(2)8-6-9-17(3)21-18(19-4)20-10-13-23-12-7-11-22(5)14-15-23/h16-17H,6-15H2,1-5H3,(H2,19,20,21). The first-order chi connectivity index (χ1) is 11.0. The quantitative estimate of drug-likeness (QED) is 0.529. The van der Waals surface area contributed by atoms with Crippen LogP contribution in [0, 0.1) is 5.92 Å². The summed E-state index contributed by atoms with van der Waals surface area (Å²) in [6, 6.07) is 0.479. The maximum Gasteiger partial charge on any atom is 0.191 e. The van der Waals surface area contributed by atoms with E-state index >= 15 is 0 Å². The van der Waals surface area contributed by atoms with Crippen LogP contribution in [0.15, 0.2) is 4.99 Å². The highest BCUT2D eigenvalue weighted by molar-refractivity contribution is 5.79. The van der Waals surface area contributed by atoms with Crippen molar-refractivity contribution >= 4 is 5.96 Å². The van der Waals surface area contributed by atoms with Crippen LogP contribution in [-0.4, -0.2) is 75.2 Å². The van der Waals surface area contributed by atoms with Gasteiger partial charge in [-0.1, -0.05) is 26.7 Å². The van der Waals surface area contributed by atoms with Crippen LogP contribution < -0.4 is 10.6 Å². The molecule has 23 heavy (non-hydrogen) atoms. The van der Waals surface area contributed by atoms with Crippen molar-refractivity contribution in [3.8, 4) is 0 Å². The van der Waals surface area contributed by atoms with Crippen molar-refractivity contribution < 1.29 is 0 Å². The van der Waals surface area contributed by atoms with Crippen molar-refractivity contribution in [2.75, 3.05) is 53.4 Å². The number of rotatable bonds is 8. The first-order valence-electron chi connectivity index (χ1n) is 9.39. The zero-order valence-corrected chi connectivity index (χ0v) is 16.1. The molecular weight excluding hydrogens is 286 g/mol. The van der Waals surface area contributed by atoms with Gasteiger partial charge in [0.2, 0.25) is 0 Å². The molecule has 1 unspecified atom stereocenters. The van der Waals surface area contributed by atoms with Gasteiger partial charge in [-0.25, -0.2) is 0 Å². The summed E-state index contributed by atoms with van der Waals surface area (Å²) in [5.74, 6) is 1.74. The number of nitrogens with zero attached hydrogens (tertiary/aromatic N) is 3. The van der Waals surface area contributed by atoms with Crippen molar-refractivity contribution in [3.05, 3.63) is 0 Å². The minimum absolute atomic E-state index is 0.479. The van der Waals surface area contributed by atoms with Gasteiger partial charge in [0.1, 0.15) is 0 Å². The molecule has 1 aliphatic rings. The van der Waals surface area contributed by atoms with Gasteiger partial charge in [0.05, 0.1) is 0 Å². The number of guanidine groups is 1. The van der Waals surface area contributed by atoms with Crippen LogP contribution >= 0.6 is 0 Å². The molecule has 0 amide bonds. The van der Waals surface area contributed by atoms with Crippen LogP contribution in [-0.2, 0) is 0 Å². The molecule has 0 aliphatic carbocycles. The largest absolute Gasteiger partial charge is 0.355 e. The average Bonchev–Trinajstić information content (AvgIpc) is 2.70. The van der Waals surface area contributed by atoms with Gasteiger partial charge in [0.25, 0.3) is 0 Å². The minimum atomic E-state index is 0.479. The zero-order chi connectivity index (χ0) is 17.1. The smallest absolute Gasteiger partial charge is 0.191 e. The molecule has 5 heteroatoms. The first-order valence-corrected chi connectivity index (χ1v) is 9.39. The van der Waals surface area contributed by atoms with Crippen molar-refractivity contribution in [1.82, 2.24) is 20.4 Å². The third-order valence-corrected chi connectivity index (χ3v) is 4.56. The summed E-state index contributed by atoms with van der Waals surface area (Å²) >= 11 is 0. The molecule has 0 spiro atoms. The summed E-state index contributed by atoms with van der Waals surface area (Å²) in [6.45, 7) is 13.7. The number of aliphatic imine (C=N–C) groups is 1. The van der Waals surface area contributed by atoms with E-state index in [-0.39, 0.29) is 0 Å². The van der Waals surface area contributed by atoms with E-state index in [2.05, 4.69) is 53.2 Å². The van der Waals surface area contributed by atoms with Crippen LogP contribution in [0.3, 0.4) is 0 Å². The normalized spacial score (nSPS) is 19.7. The third kappa shape index (κ3) is 9.82. The summed E-state index contributed by atoms with van der Waals surface area (Å²) in [6.07, 6.45) is 5.07. The molecule has 1 saturated heterocycles.